The Kier molecular flexibility index (Phi) is 3.14. The summed E-state index contributed by atoms with van der Waals surface area (Å²) in [6, 6.07) is 1.68. The predicted octanol–water partition coefficient (Wildman–Crippen LogP) is 2.59. The first-order valence-corrected chi connectivity index (χ1v) is 6.58. The summed E-state index contributed by atoms with van der Waals surface area (Å²) in [5, 5.41) is 2.65. The SMILES string of the molecule is CCOC(=O)c1cc2c([nH]1)S(=C=O)C(Br)=C2. The molecule has 0 saturated carbocycles. The van der Waals surface area contributed by atoms with Crippen LogP contribution in [0.2, 0.25) is 0 Å². The summed E-state index contributed by atoms with van der Waals surface area (Å²) in [7, 11) is -0.745. The number of fused-ring (bicyclic) bond motifs is 1. The highest BCUT2D eigenvalue weighted by Gasteiger charge is 2.22. The minimum atomic E-state index is -0.745. The number of halogens is 1. The maximum absolute atomic E-state index is 11.4. The second-order valence-corrected chi connectivity index (χ2v) is 6.03. The number of nitrogens with one attached hydrogen (secondary N) is 1. The second kappa shape index (κ2) is 4.41. The molecule has 0 fully saturated rings. The molecule has 0 aliphatic carbocycles. The van der Waals surface area contributed by atoms with Crippen molar-refractivity contribution >= 4 is 43.7 Å². The summed E-state index contributed by atoms with van der Waals surface area (Å²) in [5.74, 6) is -0.407. The van der Waals surface area contributed by atoms with Crippen LogP contribution < -0.4 is 0 Å². The lowest BCUT2D eigenvalue weighted by atomic mass is 10.3. The number of rotatable bonds is 2. The van der Waals surface area contributed by atoms with E-state index in [4.69, 9.17) is 4.74 Å². The largest absolute Gasteiger partial charge is 0.461 e. The van der Waals surface area contributed by atoms with Gasteiger partial charge in [-0.2, -0.15) is 0 Å². The Labute approximate surface area is 103 Å². The molecule has 0 saturated heterocycles. The number of H-pyrrole nitrogens is 1. The number of aromatic nitrogens is 1. The number of hydrogen-bond donors (Lipinski definition) is 1. The van der Waals surface area contributed by atoms with Crippen molar-refractivity contribution in [2.24, 2.45) is 0 Å². The molecular weight excluding hydrogens is 294 g/mol. The first-order chi connectivity index (χ1) is 7.67. The summed E-state index contributed by atoms with van der Waals surface area (Å²) in [5.41, 5.74) is 1.21. The van der Waals surface area contributed by atoms with Crippen LogP contribution in [0.5, 0.6) is 0 Å². The van der Waals surface area contributed by atoms with Gasteiger partial charge in [-0.3, -0.25) is 0 Å². The fourth-order valence-corrected chi connectivity index (χ4v) is 3.51. The van der Waals surface area contributed by atoms with Crippen LogP contribution in [0.15, 0.2) is 14.9 Å². The summed E-state index contributed by atoms with van der Waals surface area (Å²) < 4.78 is 5.64. The quantitative estimate of drug-likeness (QED) is 0.675. The molecule has 1 aromatic rings. The van der Waals surface area contributed by atoms with Crippen molar-refractivity contribution in [3.63, 3.8) is 0 Å². The van der Waals surface area contributed by atoms with Gasteiger partial charge in [0.1, 0.15) is 5.69 Å². The average molecular weight is 302 g/mol. The van der Waals surface area contributed by atoms with Crippen molar-refractivity contribution in [2.75, 3.05) is 6.61 Å². The first kappa shape index (κ1) is 11.4. The van der Waals surface area contributed by atoms with Crippen LogP contribution in [-0.4, -0.2) is 22.8 Å². The van der Waals surface area contributed by atoms with E-state index >= 15 is 0 Å². The molecule has 1 aromatic heterocycles. The first-order valence-electron chi connectivity index (χ1n) is 4.56. The Bertz CT molecular complexity index is 540. The van der Waals surface area contributed by atoms with E-state index in [2.05, 4.69) is 20.9 Å². The highest BCUT2D eigenvalue weighted by Crippen LogP contribution is 2.46. The van der Waals surface area contributed by atoms with Crippen molar-refractivity contribution in [1.82, 2.24) is 4.98 Å². The highest BCUT2D eigenvalue weighted by atomic mass is 79.9. The Morgan fingerprint density at radius 2 is 2.44 bits per heavy atom. The van der Waals surface area contributed by atoms with E-state index in [1.165, 1.54) is 0 Å². The van der Waals surface area contributed by atoms with E-state index in [0.717, 1.165) is 9.38 Å². The molecule has 0 radical (unpaired) electrons. The number of carbonyl (C=O) groups excluding carboxylic acids is 2. The van der Waals surface area contributed by atoms with E-state index in [9.17, 15) is 9.59 Å². The Hall–Kier alpha value is -1.10. The average Bonchev–Trinajstić information content (AvgIpc) is 2.74. The fraction of sp³-hybridized carbons (Fsp3) is 0.200. The fourth-order valence-electron chi connectivity index (χ4n) is 1.41. The second-order valence-electron chi connectivity index (χ2n) is 3.03. The van der Waals surface area contributed by atoms with Crippen LogP contribution >= 0.6 is 26.4 Å². The van der Waals surface area contributed by atoms with E-state index in [0.29, 0.717) is 17.3 Å². The zero-order valence-corrected chi connectivity index (χ0v) is 10.8. The number of esters is 1. The Morgan fingerprint density at radius 1 is 1.69 bits per heavy atom. The van der Waals surface area contributed by atoms with Crippen molar-refractivity contribution in [1.29, 1.82) is 0 Å². The topological polar surface area (TPSA) is 59.2 Å². The summed E-state index contributed by atoms with van der Waals surface area (Å²) in [6.45, 7) is 2.07. The molecule has 6 heteroatoms. The van der Waals surface area contributed by atoms with Gasteiger partial charge in [0.2, 0.25) is 0 Å². The van der Waals surface area contributed by atoms with Gasteiger partial charge in [0, 0.05) is 5.56 Å². The van der Waals surface area contributed by atoms with Crippen molar-refractivity contribution in [2.45, 2.75) is 11.9 Å². The zero-order chi connectivity index (χ0) is 11.7. The molecule has 16 heavy (non-hydrogen) atoms. The van der Waals surface area contributed by atoms with Gasteiger partial charge in [-0.05, 0) is 45.5 Å². The van der Waals surface area contributed by atoms with Crippen molar-refractivity contribution < 1.29 is 14.3 Å². The van der Waals surface area contributed by atoms with Gasteiger partial charge in [0.15, 0.2) is 5.23 Å². The van der Waals surface area contributed by atoms with E-state index in [1.807, 2.05) is 11.3 Å². The van der Waals surface area contributed by atoms with Crippen LogP contribution in [0.1, 0.15) is 23.0 Å². The summed E-state index contributed by atoms with van der Waals surface area (Å²) in [4.78, 5) is 25.1. The Balaban J connectivity index is 2.41. The molecule has 0 amide bonds. The van der Waals surface area contributed by atoms with Crippen LogP contribution in [0.4, 0.5) is 0 Å². The molecule has 1 N–H and O–H groups in total. The lowest BCUT2D eigenvalue weighted by molar-refractivity contribution is 0.0520. The van der Waals surface area contributed by atoms with Gasteiger partial charge in [-0.1, -0.05) is 0 Å². The van der Waals surface area contributed by atoms with Gasteiger partial charge in [0.05, 0.1) is 15.4 Å². The third-order valence-corrected chi connectivity index (χ3v) is 4.68. The number of hydrogen-bond acceptors (Lipinski definition) is 3. The lowest BCUT2D eigenvalue weighted by Gasteiger charge is -1.98. The molecule has 1 atom stereocenters. The molecule has 0 aromatic carbocycles. The van der Waals surface area contributed by atoms with Gasteiger partial charge in [-0.25, -0.2) is 9.59 Å². The van der Waals surface area contributed by atoms with E-state index in [-0.39, 0.29) is 0 Å². The van der Waals surface area contributed by atoms with Gasteiger partial charge in [0.25, 0.3) is 0 Å². The monoisotopic (exact) mass is 301 g/mol. The molecule has 1 aliphatic rings. The molecule has 0 spiro atoms. The number of carbonyl (C=O) groups is 1. The zero-order valence-electron chi connectivity index (χ0n) is 8.37. The summed E-state index contributed by atoms with van der Waals surface area (Å²) in [6.07, 6.45) is 1.81. The molecule has 0 bridgehead atoms. The van der Waals surface area contributed by atoms with Gasteiger partial charge < -0.3 is 9.72 Å². The predicted molar refractivity (Wildman–Crippen MR) is 65.2 cm³/mol. The van der Waals surface area contributed by atoms with Crippen LogP contribution in [0.25, 0.3) is 6.08 Å². The van der Waals surface area contributed by atoms with Crippen LogP contribution in [0.3, 0.4) is 0 Å². The normalized spacial score (nSPS) is 17.6. The van der Waals surface area contributed by atoms with Crippen molar-refractivity contribution in [3.05, 3.63) is 21.1 Å². The molecule has 84 valence electrons. The standard InChI is InChI=1S/C10H8BrNO3S/c1-2-15-10(14)7-3-6-4-8(11)16(5-13)9(6)12-7/h3-4,12H,2H2,1H3. The smallest absolute Gasteiger partial charge is 0.354 e. The number of aromatic amines is 1. The maximum Gasteiger partial charge on any atom is 0.354 e. The maximum atomic E-state index is 11.4. The third kappa shape index (κ3) is 1.80. The van der Waals surface area contributed by atoms with Crippen molar-refractivity contribution in [3.8, 4) is 0 Å². The Morgan fingerprint density at radius 3 is 3.06 bits per heavy atom. The molecular formula is C10H8BrNO3S. The van der Waals surface area contributed by atoms with E-state index in [1.54, 1.807) is 13.0 Å². The van der Waals surface area contributed by atoms with Gasteiger partial charge in [-0.15, -0.1) is 0 Å². The van der Waals surface area contributed by atoms with Crippen LogP contribution in [-0.2, 0) is 9.53 Å². The highest BCUT2D eigenvalue weighted by molar-refractivity contribution is 9.14. The molecule has 4 nitrogen and oxygen atoms in total. The van der Waals surface area contributed by atoms with Crippen LogP contribution in [0, 0.1) is 0 Å². The summed E-state index contributed by atoms with van der Waals surface area (Å²) >= 11 is 3.29. The molecule has 2 heterocycles. The number of ether oxygens (including phenoxy) is 1. The third-order valence-electron chi connectivity index (χ3n) is 2.06. The lowest BCUT2D eigenvalue weighted by Crippen LogP contribution is -2.04. The van der Waals surface area contributed by atoms with E-state index < -0.39 is 16.5 Å². The molecule has 2 rings (SSSR count). The molecule has 1 unspecified atom stereocenters. The minimum Gasteiger partial charge on any atom is -0.461 e. The van der Waals surface area contributed by atoms with Gasteiger partial charge >= 0.3 is 5.97 Å². The molecule has 1 aliphatic heterocycles. The minimum absolute atomic E-state index is 0.327.